The number of fused-ring (bicyclic) bond motifs is 1. The Kier molecular flexibility index (Phi) is 12.4. The summed E-state index contributed by atoms with van der Waals surface area (Å²) in [7, 11) is 0. The molecule has 0 aromatic heterocycles. The van der Waals surface area contributed by atoms with Crippen molar-refractivity contribution in [2.45, 2.75) is 57.7 Å². The molecule has 10 nitrogen and oxygen atoms in total. The van der Waals surface area contributed by atoms with E-state index >= 15 is 0 Å². The van der Waals surface area contributed by atoms with E-state index in [1.54, 1.807) is 17.0 Å². The zero-order chi connectivity index (χ0) is 26.4. The normalized spacial score (nSPS) is 18.8. The number of amides is 3. The monoisotopic (exact) mass is 562 g/mol. The Hall–Kier alpha value is -2.96. The van der Waals surface area contributed by atoms with E-state index in [9.17, 15) is 14.4 Å². The molecular formula is C28H42N4O6S. The number of imide groups is 1. The number of rotatable bonds is 6. The van der Waals surface area contributed by atoms with E-state index in [-0.39, 0.29) is 30.6 Å². The highest BCUT2D eigenvalue weighted by Gasteiger charge is 2.40. The second-order valence-corrected chi connectivity index (χ2v) is 10.9. The minimum Gasteiger partial charge on any atom is -0.489 e. The number of benzene rings is 2. The maximum absolute atomic E-state index is 12.9. The summed E-state index contributed by atoms with van der Waals surface area (Å²) in [6.07, 6.45) is 0.589. The number of nitrogens with zero attached hydrogens (tertiary/aromatic N) is 2. The summed E-state index contributed by atoms with van der Waals surface area (Å²) < 4.78 is 6.10. The van der Waals surface area contributed by atoms with Gasteiger partial charge in [-0.2, -0.15) is 12.6 Å². The molecule has 0 saturated carbocycles. The molecule has 2 fully saturated rings. The molecule has 6 N–H and O–H groups in total. The molecule has 1 atom stereocenters. The summed E-state index contributed by atoms with van der Waals surface area (Å²) in [5, 5.41) is 6.24. The maximum Gasteiger partial charge on any atom is 0.255 e. The van der Waals surface area contributed by atoms with E-state index in [0.717, 1.165) is 43.9 Å². The van der Waals surface area contributed by atoms with Crippen LogP contribution in [0.2, 0.25) is 0 Å². The molecule has 3 aliphatic heterocycles. The zero-order valence-electron chi connectivity index (χ0n) is 22.5. The van der Waals surface area contributed by atoms with Crippen molar-refractivity contribution in [3.63, 3.8) is 0 Å². The number of piperidine rings is 1. The van der Waals surface area contributed by atoms with Crippen LogP contribution >= 0.6 is 12.6 Å². The van der Waals surface area contributed by atoms with Crippen LogP contribution in [0.3, 0.4) is 0 Å². The number of hydrogen-bond acceptors (Lipinski definition) is 7. The lowest BCUT2D eigenvalue weighted by Crippen LogP contribution is -2.52. The van der Waals surface area contributed by atoms with Crippen LogP contribution in [-0.4, -0.2) is 75.9 Å². The number of carbonyl (C=O) groups excluding carboxylic acids is 3. The van der Waals surface area contributed by atoms with Crippen LogP contribution in [0, 0.1) is 0 Å². The summed E-state index contributed by atoms with van der Waals surface area (Å²) in [4.78, 5) is 40.7. The van der Waals surface area contributed by atoms with Crippen molar-refractivity contribution in [1.29, 1.82) is 0 Å². The summed E-state index contributed by atoms with van der Waals surface area (Å²) in [6.45, 7) is 9.93. The lowest BCUT2D eigenvalue weighted by molar-refractivity contribution is -0.136. The molecule has 2 aromatic rings. The fourth-order valence-electron chi connectivity index (χ4n) is 4.72. The SMILES string of the molecule is CC(C)S.O.O.O=C1CCC(N2Cc3c(OCc4ccc(CN5CCNCC5)cc4)cccc3C2=O)C(=O)N1.[HH]. The number of carbonyl (C=O) groups is 3. The van der Waals surface area contributed by atoms with Gasteiger partial charge in [-0.25, -0.2) is 0 Å². The first kappa shape index (κ1) is 32.3. The zero-order valence-corrected chi connectivity index (χ0v) is 23.4. The highest BCUT2D eigenvalue weighted by atomic mass is 32.1. The minimum atomic E-state index is -0.626. The Morgan fingerprint density at radius 2 is 1.67 bits per heavy atom. The fourth-order valence-corrected chi connectivity index (χ4v) is 4.72. The molecule has 2 saturated heterocycles. The molecule has 3 aliphatic rings. The predicted molar refractivity (Wildman–Crippen MR) is 155 cm³/mol. The van der Waals surface area contributed by atoms with E-state index in [4.69, 9.17) is 4.74 Å². The average Bonchev–Trinajstić information content (AvgIpc) is 3.21. The van der Waals surface area contributed by atoms with E-state index < -0.39 is 11.9 Å². The Labute approximate surface area is 236 Å². The molecule has 0 bridgehead atoms. The Morgan fingerprint density at radius 1 is 1.03 bits per heavy atom. The number of hydrogen-bond donors (Lipinski definition) is 3. The van der Waals surface area contributed by atoms with Crippen LogP contribution < -0.4 is 15.4 Å². The molecule has 2 aromatic carbocycles. The second-order valence-electron chi connectivity index (χ2n) is 9.91. The smallest absolute Gasteiger partial charge is 0.255 e. The fraction of sp³-hybridized carbons (Fsp3) is 0.464. The van der Waals surface area contributed by atoms with Gasteiger partial charge in [0, 0.05) is 51.7 Å². The maximum atomic E-state index is 12.9. The molecule has 0 spiro atoms. The third kappa shape index (κ3) is 8.51. The number of piperazine rings is 1. The quantitative estimate of drug-likeness (QED) is 0.357. The van der Waals surface area contributed by atoms with Crippen LogP contribution in [0.25, 0.3) is 0 Å². The summed E-state index contributed by atoms with van der Waals surface area (Å²) in [5.74, 6) is -0.234. The Balaban J connectivity index is 0.00000107. The van der Waals surface area contributed by atoms with Gasteiger partial charge >= 0.3 is 0 Å². The van der Waals surface area contributed by atoms with Gasteiger partial charge in [0.15, 0.2) is 0 Å². The lowest BCUT2D eigenvalue weighted by atomic mass is 10.0. The molecule has 11 heteroatoms. The summed E-state index contributed by atoms with van der Waals surface area (Å²) in [5.41, 5.74) is 3.70. The average molecular weight is 563 g/mol. The molecule has 0 aliphatic carbocycles. The van der Waals surface area contributed by atoms with Crippen LogP contribution in [0.1, 0.15) is 55.2 Å². The first-order chi connectivity index (χ1) is 17.8. The van der Waals surface area contributed by atoms with Crippen molar-refractivity contribution in [2.75, 3.05) is 26.2 Å². The van der Waals surface area contributed by atoms with Crippen LogP contribution in [-0.2, 0) is 29.3 Å². The van der Waals surface area contributed by atoms with Gasteiger partial charge < -0.3 is 25.9 Å². The highest BCUT2D eigenvalue weighted by molar-refractivity contribution is 7.80. The highest BCUT2D eigenvalue weighted by Crippen LogP contribution is 2.34. The van der Waals surface area contributed by atoms with Gasteiger partial charge in [0.05, 0.1) is 6.54 Å². The van der Waals surface area contributed by atoms with Crippen molar-refractivity contribution < 1.29 is 31.5 Å². The molecular weight excluding hydrogens is 520 g/mol. The van der Waals surface area contributed by atoms with Crippen LogP contribution in [0.5, 0.6) is 5.75 Å². The molecule has 0 radical (unpaired) electrons. The van der Waals surface area contributed by atoms with Gasteiger partial charge in [0.25, 0.3) is 5.91 Å². The third-order valence-corrected chi connectivity index (χ3v) is 6.57. The van der Waals surface area contributed by atoms with Gasteiger partial charge in [-0.05, 0) is 34.9 Å². The third-order valence-electron chi connectivity index (χ3n) is 6.57. The van der Waals surface area contributed by atoms with E-state index in [0.29, 0.717) is 36.1 Å². The second kappa shape index (κ2) is 15.0. The van der Waals surface area contributed by atoms with Crippen molar-refractivity contribution in [1.82, 2.24) is 20.4 Å². The standard InChI is InChI=1S/C25H28N4O4.C3H8S.2H2O.H2/c30-23-9-8-21(24(31)27-23)29-15-20-19(25(29)32)2-1-3-22(20)33-16-18-6-4-17(5-7-18)14-28-12-10-26-11-13-28;1-3(2)4;;;/h1-7,21,26H,8-16H2,(H,27,30,31);3-4H,1-2H3;2*1H2;1H. The number of nitrogens with one attached hydrogen (secondary N) is 2. The number of ether oxygens (including phenoxy) is 1. The summed E-state index contributed by atoms with van der Waals surface area (Å²) >= 11 is 3.97. The minimum absolute atomic E-state index is 0. The van der Waals surface area contributed by atoms with Crippen molar-refractivity contribution in [3.05, 3.63) is 64.7 Å². The molecule has 39 heavy (non-hydrogen) atoms. The molecule has 3 heterocycles. The topological polar surface area (TPSA) is 154 Å². The van der Waals surface area contributed by atoms with E-state index in [1.165, 1.54) is 5.56 Å². The van der Waals surface area contributed by atoms with Gasteiger partial charge in [0.2, 0.25) is 11.8 Å². The van der Waals surface area contributed by atoms with Crippen molar-refractivity contribution >= 4 is 30.4 Å². The predicted octanol–water partition coefficient (Wildman–Crippen LogP) is 1.35. The molecule has 216 valence electrons. The van der Waals surface area contributed by atoms with Crippen molar-refractivity contribution in [2.24, 2.45) is 0 Å². The largest absolute Gasteiger partial charge is 0.489 e. The first-order valence-electron chi connectivity index (χ1n) is 12.9. The van der Waals surface area contributed by atoms with E-state index in [1.807, 2.05) is 19.9 Å². The Bertz CT molecular complexity index is 1130. The van der Waals surface area contributed by atoms with Crippen LogP contribution in [0.15, 0.2) is 42.5 Å². The van der Waals surface area contributed by atoms with Gasteiger partial charge in [-0.1, -0.05) is 44.2 Å². The lowest BCUT2D eigenvalue weighted by Gasteiger charge is -2.29. The van der Waals surface area contributed by atoms with Gasteiger partial charge in [0.1, 0.15) is 18.4 Å². The summed E-state index contributed by atoms with van der Waals surface area (Å²) in [6, 6.07) is 13.3. The van der Waals surface area contributed by atoms with Gasteiger partial charge in [-0.15, -0.1) is 0 Å². The van der Waals surface area contributed by atoms with Crippen molar-refractivity contribution in [3.8, 4) is 5.75 Å². The van der Waals surface area contributed by atoms with Gasteiger partial charge in [-0.3, -0.25) is 24.6 Å². The van der Waals surface area contributed by atoms with E-state index in [2.05, 4.69) is 52.4 Å². The first-order valence-corrected chi connectivity index (χ1v) is 13.4. The molecule has 5 rings (SSSR count). The molecule has 3 amide bonds. The molecule has 1 unspecified atom stereocenters. The van der Waals surface area contributed by atoms with Crippen LogP contribution in [0.4, 0.5) is 0 Å². The Morgan fingerprint density at radius 3 is 2.31 bits per heavy atom. The number of thiol groups is 1.